The fourth-order valence-corrected chi connectivity index (χ4v) is 2.93. The van der Waals surface area contributed by atoms with Gasteiger partial charge >= 0.3 is 0 Å². The molecule has 1 saturated heterocycles. The Morgan fingerprint density at radius 2 is 2.13 bits per heavy atom. The van der Waals surface area contributed by atoms with Gasteiger partial charge in [-0.3, -0.25) is 9.59 Å². The van der Waals surface area contributed by atoms with Crippen molar-refractivity contribution in [2.45, 2.75) is 38.5 Å². The van der Waals surface area contributed by atoms with E-state index in [1.165, 1.54) is 12.1 Å². The number of amides is 2. The molecule has 1 heterocycles. The van der Waals surface area contributed by atoms with Crippen LogP contribution in [0.5, 0.6) is 0 Å². The second kappa shape index (κ2) is 8.87. The van der Waals surface area contributed by atoms with Crippen molar-refractivity contribution < 1.29 is 14.0 Å². The Morgan fingerprint density at radius 1 is 1.30 bits per heavy atom. The molecule has 0 aromatic heterocycles. The molecule has 1 N–H and O–H groups in total. The number of carbonyl (C=O) groups is 2. The largest absolute Gasteiger partial charge is 0.356 e. The Labute approximate surface area is 141 Å². The summed E-state index contributed by atoms with van der Waals surface area (Å²) in [5.41, 5.74) is 0.217. The van der Waals surface area contributed by atoms with Gasteiger partial charge in [0.15, 0.2) is 0 Å². The fourth-order valence-electron chi connectivity index (χ4n) is 2.70. The number of benzene rings is 1. The highest BCUT2D eigenvalue weighted by Gasteiger charge is 2.16. The van der Waals surface area contributed by atoms with Crippen molar-refractivity contribution in [3.63, 3.8) is 0 Å². The zero-order valence-corrected chi connectivity index (χ0v) is 13.9. The quantitative estimate of drug-likeness (QED) is 0.809. The van der Waals surface area contributed by atoms with Crippen LogP contribution in [0.4, 0.5) is 4.39 Å². The summed E-state index contributed by atoms with van der Waals surface area (Å²) in [4.78, 5) is 25.6. The van der Waals surface area contributed by atoms with Gasteiger partial charge in [-0.1, -0.05) is 24.1 Å². The highest BCUT2D eigenvalue weighted by Crippen LogP contribution is 2.19. The highest BCUT2D eigenvalue weighted by atomic mass is 35.5. The lowest BCUT2D eigenvalue weighted by molar-refractivity contribution is -0.130. The second-order valence-electron chi connectivity index (χ2n) is 5.77. The highest BCUT2D eigenvalue weighted by molar-refractivity contribution is 6.31. The van der Waals surface area contributed by atoms with E-state index in [1.807, 2.05) is 4.90 Å². The second-order valence-corrected chi connectivity index (χ2v) is 6.18. The van der Waals surface area contributed by atoms with Gasteiger partial charge in [0.2, 0.25) is 11.8 Å². The minimum absolute atomic E-state index is 0.0752. The number of nitrogens with zero attached hydrogens (tertiary/aromatic N) is 1. The van der Waals surface area contributed by atoms with Gasteiger partial charge in [0.05, 0.1) is 6.42 Å². The van der Waals surface area contributed by atoms with Crippen molar-refractivity contribution in [3.8, 4) is 0 Å². The number of halogens is 2. The smallest absolute Gasteiger partial charge is 0.224 e. The molecule has 0 spiro atoms. The molecule has 1 aromatic rings. The Kier molecular flexibility index (Phi) is 6.84. The molecule has 0 unspecified atom stereocenters. The lowest BCUT2D eigenvalue weighted by Crippen LogP contribution is -2.34. The normalized spacial score (nSPS) is 15.4. The Hall–Kier alpha value is -1.62. The summed E-state index contributed by atoms with van der Waals surface area (Å²) in [5, 5.41) is 3.01. The molecule has 1 aromatic carbocycles. The maximum Gasteiger partial charge on any atom is 0.224 e. The number of nitrogens with one attached hydrogen (secondary N) is 1. The summed E-state index contributed by atoms with van der Waals surface area (Å²) in [5.74, 6) is -0.533. The molecule has 0 radical (unpaired) electrons. The molecule has 0 bridgehead atoms. The maximum atomic E-state index is 13.6. The molecule has 0 atom stereocenters. The molecule has 1 aliphatic rings. The third-order valence-electron chi connectivity index (χ3n) is 4.00. The van der Waals surface area contributed by atoms with E-state index >= 15 is 0 Å². The van der Waals surface area contributed by atoms with Gasteiger partial charge in [0, 0.05) is 36.6 Å². The topological polar surface area (TPSA) is 49.4 Å². The van der Waals surface area contributed by atoms with E-state index in [-0.39, 0.29) is 28.8 Å². The van der Waals surface area contributed by atoms with Crippen LogP contribution < -0.4 is 5.32 Å². The summed E-state index contributed by atoms with van der Waals surface area (Å²) >= 11 is 5.90. The van der Waals surface area contributed by atoms with Crippen molar-refractivity contribution in [2.24, 2.45) is 0 Å². The Morgan fingerprint density at radius 3 is 2.91 bits per heavy atom. The zero-order valence-electron chi connectivity index (χ0n) is 13.1. The van der Waals surface area contributed by atoms with Crippen LogP contribution in [0.15, 0.2) is 18.2 Å². The molecule has 1 aliphatic heterocycles. The minimum Gasteiger partial charge on any atom is -0.356 e. The number of likely N-dealkylation sites (tertiary alicyclic amines) is 1. The van der Waals surface area contributed by atoms with Crippen LogP contribution in [-0.2, 0) is 16.0 Å². The van der Waals surface area contributed by atoms with Gasteiger partial charge in [0.25, 0.3) is 0 Å². The van der Waals surface area contributed by atoms with Crippen molar-refractivity contribution in [2.75, 3.05) is 19.6 Å². The van der Waals surface area contributed by atoms with Gasteiger partial charge < -0.3 is 10.2 Å². The molecule has 4 nitrogen and oxygen atoms in total. The van der Waals surface area contributed by atoms with Gasteiger partial charge in [-0.2, -0.15) is 0 Å². The van der Waals surface area contributed by atoms with Crippen LogP contribution in [0.3, 0.4) is 0 Å². The van der Waals surface area contributed by atoms with E-state index in [9.17, 15) is 14.0 Å². The summed E-state index contributed by atoms with van der Waals surface area (Å²) in [6.45, 7) is 1.92. The molecule has 126 valence electrons. The summed E-state index contributed by atoms with van der Waals surface area (Å²) in [6, 6.07) is 4.37. The number of hydrogen-bond acceptors (Lipinski definition) is 2. The van der Waals surface area contributed by atoms with Crippen molar-refractivity contribution in [3.05, 3.63) is 34.6 Å². The lowest BCUT2D eigenvalue weighted by Gasteiger charge is -2.20. The van der Waals surface area contributed by atoms with E-state index in [4.69, 9.17) is 11.6 Å². The lowest BCUT2D eigenvalue weighted by atomic mass is 10.1. The van der Waals surface area contributed by atoms with Crippen LogP contribution in [0.1, 0.15) is 37.7 Å². The average molecular weight is 341 g/mol. The van der Waals surface area contributed by atoms with Crippen LogP contribution >= 0.6 is 11.6 Å². The average Bonchev–Trinajstić information content (AvgIpc) is 2.72. The number of hydrogen-bond donors (Lipinski definition) is 1. The van der Waals surface area contributed by atoms with E-state index in [2.05, 4.69) is 5.32 Å². The van der Waals surface area contributed by atoms with Crippen molar-refractivity contribution in [1.29, 1.82) is 0 Å². The van der Waals surface area contributed by atoms with Gasteiger partial charge in [0.1, 0.15) is 5.82 Å². The fraction of sp³-hybridized carbons (Fsp3) is 0.529. The predicted octanol–water partition coefficient (Wildman–Crippen LogP) is 2.93. The SMILES string of the molecule is O=C(Cc1c(F)cccc1Cl)NCCCN1CCCCCC1=O. The first-order valence-corrected chi connectivity index (χ1v) is 8.43. The molecule has 6 heteroatoms. The van der Waals surface area contributed by atoms with Crippen LogP contribution in [-0.4, -0.2) is 36.3 Å². The first-order valence-electron chi connectivity index (χ1n) is 8.05. The third kappa shape index (κ3) is 5.50. The molecule has 2 amide bonds. The van der Waals surface area contributed by atoms with Crippen LogP contribution in [0.25, 0.3) is 0 Å². The molecule has 0 saturated carbocycles. The van der Waals surface area contributed by atoms with Gasteiger partial charge in [-0.15, -0.1) is 0 Å². The third-order valence-corrected chi connectivity index (χ3v) is 4.35. The van der Waals surface area contributed by atoms with Crippen LogP contribution in [0, 0.1) is 5.82 Å². The predicted molar refractivity (Wildman–Crippen MR) is 87.8 cm³/mol. The molecule has 23 heavy (non-hydrogen) atoms. The van der Waals surface area contributed by atoms with Crippen LogP contribution in [0.2, 0.25) is 5.02 Å². The molecular weight excluding hydrogens is 319 g/mol. The molecule has 1 fully saturated rings. The summed E-state index contributed by atoms with van der Waals surface area (Å²) < 4.78 is 13.6. The monoisotopic (exact) mass is 340 g/mol. The van der Waals surface area contributed by atoms with Gasteiger partial charge in [-0.05, 0) is 31.4 Å². The van der Waals surface area contributed by atoms with Crippen molar-refractivity contribution in [1.82, 2.24) is 10.2 Å². The van der Waals surface area contributed by atoms with E-state index in [1.54, 1.807) is 6.07 Å². The number of carbonyl (C=O) groups excluding carboxylic acids is 2. The first kappa shape index (κ1) is 17.7. The minimum atomic E-state index is -0.470. The Balaban J connectivity index is 1.71. The molecule has 2 rings (SSSR count). The van der Waals surface area contributed by atoms with Crippen molar-refractivity contribution >= 4 is 23.4 Å². The molecule has 0 aliphatic carbocycles. The summed E-state index contributed by atoms with van der Waals surface area (Å²) in [6.07, 6.45) is 4.36. The number of rotatable bonds is 6. The first-order chi connectivity index (χ1) is 11.1. The van der Waals surface area contributed by atoms with E-state index in [0.717, 1.165) is 25.8 Å². The zero-order chi connectivity index (χ0) is 16.7. The molecular formula is C17H22ClFN2O2. The van der Waals surface area contributed by atoms with Gasteiger partial charge in [-0.25, -0.2) is 4.39 Å². The van der Waals surface area contributed by atoms with E-state index < -0.39 is 5.82 Å². The van der Waals surface area contributed by atoms with E-state index in [0.29, 0.717) is 25.9 Å². The standard InChI is InChI=1S/C17H22ClFN2O2/c18-14-6-4-7-15(19)13(14)12-16(22)20-9-5-11-21-10-3-1-2-8-17(21)23/h4,6-7H,1-3,5,8-12H2,(H,20,22). The summed E-state index contributed by atoms with van der Waals surface area (Å²) in [7, 11) is 0. The maximum absolute atomic E-state index is 13.6. The Bertz CT molecular complexity index is 545.